The molecule has 29 heavy (non-hydrogen) atoms. The fourth-order valence-electron chi connectivity index (χ4n) is 2.90. The van der Waals surface area contributed by atoms with Crippen LogP contribution in [-0.4, -0.2) is 43.4 Å². The van der Waals surface area contributed by atoms with Gasteiger partial charge < -0.3 is 0 Å². The Morgan fingerprint density at radius 2 is 1.59 bits per heavy atom. The van der Waals surface area contributed by atoms with Crippen LogP contribution in [0.2, 0.25) is 0 Å². The number of benzene rings is 2. The zero-order valence-electron chi connectivity index (χ0n) is 15.8. The second kappa shape index (κ2) is 9.91. The van der Waals surface area contributed by atoms with E-state index >= 15 is 0 Å². The molecule has 9 heteroatoms. The number of amides is 2. The van der Waals surface area contributed by atoms with Crippen LogP contribution in [0.25, 0.3) is 0 Å². The number of carbonyl (C=O) groups excluding carboxylic acids is 2. The number of carbonyl (C=O) groups is 2. The molecule has 0 aliphatic carbocycles. The lowest BCUT2D eigenvalue weighted by atomic mass is 10.2. The first-order valence-electron chi connectivity index (χ1n) is 9.34. The van der Waals surface area contributed by atoms with Crippen molar-refractivity contribution in [1.29, 1.82) is 0 Å². The summed E-state index contributed by atoms with van der Waals surface area (Å²) in [5.41, 5.74) is 5.00. The lowest BCUT2D eigenvalue weighted by Crippen LogP contribution is -2.41. The number of sulfonamides is 1. The first-order valence-corrected chi connectivity index (χ1v) is 11.8. The molecule has 1 saturated heterocycles. The third-order valence-corrected chi connectivity index (χ3v) is 7.40. The molecule has 0 atom stereocenters. The molecule has 154 valence electrons. The van der Waals surface area contributed by atoms with Crippen molar-refractivity contribution in [1.82, 2.24) is 15.2 Å². The molecule has 3 rings (SSSR count). The van der Waals surface area contributed by atoms with Crippen LogP contribution in [-0.2, 0) is 14.8 Å². The molecule has 0 bridgehead atoms. The van der Waals surface area contributed by atoms with Crippen molar-refractivity contribution < 1.29 is 18.0 Å². The van der Waals surface area contributed by atoms with Crippen LogP contribution in [0.3, 0.4) is 0 Å². The molecule has 1 heterocycles. The van der Waals surface area contributed by atoms with Gasteiger partial charge in [-0.25, -0.2) is 8.42 Å². The van der Waals surface area contributed by atoms with Gasteiger partial charge in [-0.15, -0.1) is 11.8 Å². The summed E-state index contributed by atoms with van der Waals surface area (Å²) in [5, 5.41) is 0. The zero-order chi connectivity index (χ0) is 20.7. The molecule has 2 N–H and O–H groups in total. The van der Waals surface area contributed by atoms with Gasteiger partial charge in [0, 0.05) is 35.7 Å². The van der Waals surface area contributed by atoms with Crippen molar-refractivity contribution in [2.45, 2.75) is 29.1 Å². The van der Waals surface area contributed by atoms with Gasteiger partial charge in [-0.2, -0.15) is 4.31 Å². The van der Waals surface area contributed by atoms with Crippen molar-refractivity contribution in [3.63, 3.8) is 0 Å². The van der Waals surface area contributed by atoms with E-state index in [2.05, 4.69) is 10.9 Å². The Labute approximate surface area is 174 Å². The minimum absolute atomic E-state index is 0.165. The lowest BCUT2D eigenvalue weighted by molar-refractivity contribution is -0.121. The second-order valence-electron chi connectivity index (χ2n) is 6.55. The van der Waals surface area contributed by atoms with Crippen LogP contribution in [0.15, 0.2) is 64.4 Å². The van der Waals surface area contributed by atoms with Gasteiger partial charge in [0.1, 0.15) is 0 Å². The minimum atomic E-state index is -3.51. The van der Waals surface area contributed by atoms with Crippen molar-refractivity contribution in [3.05, 3.63) is 60.2 Å². The van der Waals surface area contributed by atoms with Gasteiger partial charge in [0.25, 0.3) is 5.91 Å². The molecule has 2 aromatic rings. The molecule has 0 radical (unpaired) electrons. The summed E-state index contributed by atoms with van der Waals surface area (Å²) in [7, 11) is -3.51. The maximum Gasteiger partial charge on any atom is 0.269 e. The molecule has 2 aromatic carbocycles. The summed E-state index contributed by atoms with van der Waals surface area (Å²) in [6.45, 7) is 1.05. The quantitative estimate of drug-likeness (QED) is 0.516. The van der Waals surface area contributed by atoms with Crippen molar-refractivity contribution in [2.24, 2.45) is 0 Å². The molecule has 0 saturated carbocycles. The number of thioether (sulfide) groups is 1. The highest BCUT2D eigenvalue weighted by atomic mass is 32.2. The van der Waals surface area contributed by atoms with Crippen molar-refractivity contribution >= 4 is 33.6 Å². The van der Waals surface area contributed by atoms with Gasteiger partial charge in [0.2, 0.25) is 15.9 Å². The van der Waals surface area contributed by atoms with E-state index in [0.717, 1.165) is 17.7 Å². The van der Waals surface area contributed by atoms with E-state index in [0.29, 0.717) is 18.8 Å². The van der Waals surface area contributed by atoms with Crippen LogP contribution in [0.4, 0.5) is 0 Å². The summed E-state index contributed by atoms with van der Waals surface area (Å²) >= 11 is 1.56. The normalized spacial score (nSPS) is 14.5. The highest BCUT2D eigenvalue weighted by Gasteiger charge is 2.27. The van der Waals surface area contributed by atoms with E-state index in [9.17, 15) is 18.0 Å². The first-order chi connectivity index (χ1) is 14.0. The van der Waals surface area contributed by atoms with Gasteiger partial charge in [0.05, 0.1) is 4.90 Å². The Hall–Kier alpha value is -2.36. The van der Waals surface area contributed by atoms with E-state index in [1.54, 1.807) is 11.8 Å². The lowest BCUT2D eigenvalue weighted by Gasteiger charge is -2.15. The number of nitrogens with zero attached hydrogens (tertiary/aromatic N) is 1. The predicted octanol–water partition coefficient (Wildman–Crippen LogP) is 2.41. The number of hydrogen-bond donors (Lipinski definition) is 2. The van der Waals surface area contributed by atoms with Gasteiger partial charge in [-0.05, 0) is 49.2 Å². The number of hydrazine groups is 1. The van der Waals surface area contributed by atoms with E-state index in [-0.39, 0.29) is 22.8 Å². The van der Waals surface area contributed by atoms with E-state index < -0.39 is 15.9 Å². The minimum Gasteiger partial charge on any atom is -0.273 e. The summed E-state index contributed by atoms with van der Waals surface area (Å²) in [4.78, 5) is 25.3. The Morgan fingerprint density at radius 1 is 0.931 bits per heavy atom. The maximum atomic E-state index is 12.5. The topological polar surface area (TPSA) is 95.6 Å². The summed E-state index contributed by atoms with van der Waals surface area (Å²) in [6, 6.07) is 15.5. The molecular weight excluding hydrogens is 410 g/mol. The zero-order valence-corrected chi connectivity index (χ0v) is 17.5. The fourth-order valence-corrected chi connectivity index (χ4v) is 5.29. The van der Waals surface area contributed by atoms with Crippen LogP contribution >= 0.6 is 11.8 Å². The third kappa shape index (κ3) is 5.81. The highest BCUT2D eigenvalue weighted by molar-refractivity contribution is 7.99. The Bertz CT molecular complexity index is 941. The van der Waals surface area contributed by atoms with Gasteiger partial charge >= 0.3 is 0 Å². The van der Waals surface area contributed by atoms with Crippen LogP contribution in [0.1, 0.15) is 29.6 Å². The van der Waals surface area contributed by atoms with E-state index in [1.807, 2.05) is 30.3 Å². The summed E-state index contributed by atoms with van der Waals surface area (Å²) in [6.07, 6.45) is 1.99. The standard InChI is InChI=1S/C20H23N3O4S2/c24-19(12-15-28-17-6-2-1-3-7-17)21-22-20(25)16-8-10-18(11-9-16)29(26,27)23-13-4-5-14-23/h1-3,6-11H,4-5,12-15H2,(H,21,24)(H,22,25). The van der Waals surface area contributed by atoms with Crippen LogP contribution < -0.4 is 10.9 Å². The first kappa shape index (κ1) is 21.4. The van der Waals surface area contributed by atoms with Gasteiger partial charge in [0.15, 0.2) is 0 Å². The Morgan fingerprint density at radius 3 is 2.24 bits per heavy atom. The fraction of sp³-hybridized carbons (Fsp3) is 0.300. The third-order valence-electron chi connectivity index (χ3n) is 4.48. The molecular formula is C20H23N3O4S2. The van der Waals surface area contributed by atoms with Crippen molar-refractivity contribution in [2.75, 3.05) is 18.8 Å². The molecule has 0 aromatic heterocycles. The molecule has 0 spiro atoms. The molecule has 2 amide bonds. The maximum absolute atomic E-state index is 12.5. The summed E-state index contributed by atoms with van der Waals surface area (Å²) in [5.74, 6) is -0.205. The molecule has 0 unspecified atom stereocenters. The Balaban J connectivity index is 1.46. The molecule has 1 aliphatic heterocycles. The van der Waals surface area contributed by atoms with E-state index in [1.165, 1.54) is 28.6 Å². The highest BCUT2D eigenvalue weighted by Crippen LogP contribution is 2.21. The average Bonchev–Trinajstić information content (AvgIpc) is 3.29. The monoisotopic (exact) mass is 433 g/mol. The average molecular weight is 434 g/mol. The van der Waals surface area contributed by atoms with Gasteiger partial charge in [-0.3, -0.25) is 20.4 Å². The molecule has 1 fully saturated rings. The summed E-state index contributed by atoms with van der Waals surface area (Å²) < 4.78 is 26.5. The largest absolute Gasteiger partial charge is 0.273 e. The number of nitrogens with one attached hydrogen (secondary N) is 2. The number of hydrogen-bond acceptors (Lipinski definition) is 5. The van der Waals surface area contributed by atoms with Gasteiger partial charge in [-0.1, -0.05) is 18.2 Å². The van der Waals surface area contributed by atoms with Crippen LogP contribution in [0.5, 0.6) is 0 Å². The Kier molecular flexibility index (Phi) is 7.29. The SMILES string of the molecule is O=C(CCSc1ccccc1)NNC(=O)c1ccc(S(=O)(=O)N2CCCC2)cc1. The molecule has 7 nitrogen and oxygen atoms in total. The number of rotatable bonds is 7. The predicted molar refractivity (Wildman–Crippen MR) is 112 cm³/mol. The molecule has 1 aliphatic rings. The second-order valence-corrected chi connectivity index (χ2v) is 9.66. The smallest absolute Gasteiger partial charge is 0.269 e. The van der Waals surface area contributed by atoms with E-state index in [4.69, 9.17) is 0 Å². The van der Waals surface area contributed by atoms with Crippen molar-refractivity contribution in [3.8, 4) is 0 Å². The van der Waals surface area contributed by atoms with Crippen LogP contribution in [0, 0.1) is 0 Å².